The maximum absolute atomic E-state index is 11.8. The van der Waals surface area contributed by atoms with E-state index in [0.29, 0.717) is 19.4 Å². The SMILES string of the molecule is CCC[C@H](N)C(=O)N1CCC[C@H]1C(N)=O. The van der Waals surface area contributed by atoms with Gasteiger partial charge in [-0.1, -0.05) is 13.3 Å². The van der Waals surface area contributed by atoms with Crippen LogP contribution in [0.3, 0.4) is 0 Å². The van der Waals surface area contributed by atoms with Crippen molar-refractivity contribution >= 4 is 11.8 Å². The van der Waals surface area contributed by atoms with Gasteiger partial charge in [-0.05, 0) is 19.3 Å². The Labute approximate surface area is 89.8 Å². The van der Waals surface area contributed by atoms with Gasteiger partial charge >= 0.3 is 0 Å². The lowest BCUT2D eigenvalue weighted by atomic mass is 10.1. The van der Waals surface area contributed by atoms with Crippen molar-refractivity contribution in [2.45, 2.75) is 44.7 Å². The second-order valence-electron chi connectivity index (χ2n) is 3.99. The number of amides is 2. The monoisotopic (exact) mass is 213 g/mol. The lowest BCUT2D eigenvalue weighted by Gasteiger charge is -2.25. The fraction of sp³-hybridized carbons (Fsp3) is 0.800. The van der Waals surface area contributed by atoms with Crippen molar-refractivity contribution in [3.05, 3.63) is 0 Å². The Bertz CT molecular complexity index is 255. The fourth-order valence-corrected chi connectivity index (χ4v) is 1.97. The van der Waals surface area contributed by atoms with E-state index in [2.05, 4.69) is 0 Å². The first-order chi connectivity index (χ1) is 7.07. The molecule has 86 valence electrons. The fourth-order valence-electron chi connectivity index (χ4n) is 1.97. The minimum atomic E-state index is -0.491. The molecule has 4 N–H and O–H groups in total. The molecule has 1 aliphatic rings. The van der Waals surface area contributed by atoms with E-state index in [1.54, 1.807) is 0 Å². The first kappa shape index (κ1) is 12.0. The van der Waals surface area contributed by atoms with E-state index in [9.17, 15) is 9.59 Å². The molecule has 1 aliphatic heterocycles. The van der Waals surface area contributed by atoms with Crippen molar-refractivity contribution in [3.8, 4) is 0 Å². The number of nitrogens with two attached hydrogens (primary N) is 2. The van der Waals surface area contributed by atoms with Crippen LogP contribution in [0.15, 0.2) is 0 Å². The summed E-state index contributed by atoms with van der Waals surface area (Å²) < 4.78 is 0. The third-order valence-electron chi connectivity index (χ3n) is 2.78. The number of hydrogen-bond donors (Lipinski definition) is 2. The summed E-state index contributed by atoms with van der Waals surface area (Å²) >= 11 is 0. The molecule has 1 fully saturated rings. The first-order valence-electron chi connectivity index (χ1n) is 5.43. The van der Waals surface area contributed by atoms with Crippen LogP contribution < -0.4 is 11.5 Å². The number of nitrogens with zero attached hydrogens (tertiary/aromatic N) is 1. The molecule has 0 spiro atoms. The van der Waals surface area contributed by atoms with Gasteiger partial charge in [-0.15, -0.1) is 0 Å². The summed E-state index contributed by atoms with van der Waals surface area (Å²) in [6.07, 6.45) is 3.01. The Morgan fingerprint density at radius 2 is 2.20 bits per heavy atom. The van der Waals surface area contributed by atoms with E-state index in [4.69, 9.17) is 11.5 Å². The molecule has 1 heterocycles. The molecule has 2 amide bonds. The van der Waals surface area contributed by atoms with Crippen molar-refractivity contribution in [1.82, 2.24) is 4.90 Å². The van der Waals surface area contributed by atoms with Crippen LogP contribution >= 0.6 is 0 Å². The highest BCUT2D eigenvalue weighted by atomic mass is 16.2. The van der Waals surface area contributed by atoms with Crippen molar-refractivity contribution in [2.75, 3.05) is 6.54 Å². The molecule has 1 saturated heterocycles. The maximum Gasteiger partial charge on any atom is 0.240 e. The largest absolute Gasteiger partial charge is 0.368 e. The van der Waals surface area contributed by atoms with Crippen LogP contribution in [0.2, 0.25) is 0 Å². The van der Waals surface area contributed by atoms with Gasteiger partial charge in [-0.25, -0.2) is 0 Å². The summed E-state index contributed by atoms with van der Waals surface area (Å²) in [6.45, 7) is 2.58. The second kappa shape index (κ2) is 5.11. The number of carbonyl (C=O) groups excluding carboxylic acids is 2. The number of primary amides is 1. The molecule has 2 atom stereocenters. The number of hydrogen-bond acceptors (Lipinski definition) is 3. The molecule has 0 unspecified atom stereocenters. The van der Waals surface area contributed by atoms with Gasteiger partial charge in [0.25, 0.3) is 0 Å². The Kier molecular flexibility index (Phi) is 4.08. The molecule has 5 heteroatoms. The van der Waals surface area contributed by atoms with Crippen LogP contribution in [-0.2, 0) is 9.59 Å². The van der Waals surface area contributed by atoms with E-state index in [1.807, 2.05) is 6.92 Å². The molecule has 0 aliphatic carbocycles. The molecular formula is C10H19N3O2. The van der Waals surface area contributed by atoms with Gasteiger partial charge in [0.05, 0.1) is 6.04 Å². The Hall–Kier alpha value is -1.10. The summed E-state index contributed by atoms with van der Waals surface area (Å²) in [5.41, 5.74) is 11.0. The van der Waals surface area contributed by atoms with E-state index in [0.717, 1.165) is 12.8 Å². The minimum absolute atomic E-state index is 0.141. The number of carbonyl (C=O) groups is 2. The molecule has 5 nitrogen and oxygen atoms in total. The van der Waals surface area contributed by atoms with Gasteiger partial charge in [0.1, 0.15) is 6.04 Å². The highest BCUT2D eigenvalue weighted by molar-refractivity contribution is 5.89. The lowest BCUT2D eigenvalue weighted by molar-refractivity contribution is -0.138. The van der Waals surface area contributed by atoms with Gasteiger partial charge < -0.3 is 16.4 Å². The van der Waals surface area contributed by atoms with Gasteiger partial charge in [0.2, 0.25) is 11.8 Å². The van der Waals surface area contributed by atoms with Crippen LogP contribution in [0.1, 0.15) is 32.6 Å². The van der Waals surface area contributed by atoms with Crippen molar-refractivity contribution in [1.29, 1.82) is 0 Å². The predicted molar refractivity (Wildman–Crippen MR) is 56.8 cm³/mol. The van der Waals surface area contributed by atoms with Gasteiger partial charge in [0.15, 0.2) is 0 Å². The van der Waals surface area contributed by atoms with Crippen molar-refractivity contribution in [3.63, 3.8) is 0 Å². The average Bonchev–Trinajstić information content (AvgIpc) is 2.65. The van der Waals surface area contributed by atoms with Crippen molar-refractivity contribution < 1.29 is 9.59 Å². The quantitative estimate of drug-likeness (QED) is 0.665. The molecular weight excluding hydrogens is 194 g/mol. The minimum Gasteiger partial charge on any atom is -0.368 e. The van der Waals surface area contributed by atoms with Gasteiger partial charge in [-0.3, -0.25) is 9.59 Å². The van der Waals surface area contributed by atoms with Crippen LogP contribution in [0.4, 0.5) is 0 Å². The highest BCUT2D eigenvalue weighted by Crippen LogP contribution is 2.18. The Balaban J connectivity index is 2.62. The molecule has 1 rings (SSSR count). The average molecular weight is 213 g/mol. The summed E-state index contributed by atoms with van der Waals surface area (Å²) in [7, 11) is 0. The predicted octanol–water partition coefficient (Wildman–Crippen LogP) is -0.410. The topological polar surface area (TPSA) is 89.4 Å². The van der Waals surface area contributed by atoms with Gasteiger partial charge in [0, 0.05) is 6.54 Å². The van der Waals surface area contributed by atoms with Crippen molar-refractivity contribution in [2.24, 2.45) is 11.5 Å². The Morgan fingerprint density at radius 1 is 1.53 bits per heavy atom. The Morgan fingerprint density at radius 3 is 2.73 bits per heavy atom. The van der Waals surface area contributed by atoms with E-state index in [-0.39, 0.29) is 5.91 Å². The summed E-state index contributed by atoms with van der Waals surface area (Å²) in [4.78, 5) is 24.5. The standard InChI is InChI=1S/C10H19N3O2/c1-2-4-7(11)10(15)13-6-3-5-8(13)9(12)14/h7-8H,2-6,11H2,1H3,(H2,12,14)/t7-,8-/m0/s1. The summed E-state index contributed by atoms with van der Waals surface area (Å²) in [6, 6.07) is -0.935. The molecule has 0 aromatic rings. The molecule has 0 bridgehead atoms. The first-order valence-corrected chi connectivity index (χ1v) is 5.43. The van der Waals surface area contributed by atoms with Gasteiger partial charge in [-0.2, -0.15) is 0 Å². The third-order valence-corrected chi connectivity index (χ3v) is 2.78. The van der Waals surface area contributed by atoms with E-state index >= 15 is 0 Å². The highest BCUT2D eigenvalue weighted by Gasteiger charge is 2.34. The molecule has 0 saturated carbocycles. The van der Waals surface area contributed by atoms with Crippen LogP contribution in [0, 0.1) is 0 Å². The lowest BCUT2D eigenvalue weighted by Crippen LogP contribution is -2.50. The zero-order valence-electron chi connectivity index (χ0n) is 9.11. The van der Waals surface area contributed by atoms with Crippen LogP contribution in [0.25, 0.3) is 0 Å². The zero-order chi connectivity index (χ0) is 11.4. The summed E-state index contributed by atoms with van der Waals surface area (Å²) in [5.74, 6) is -0.567. The number of rotatable bonds is 4. The molecule has 15 heavy (non-hydrogen) atoms. The third kappa shape index (κ3) is 2.68. The normalized spacial score (nSPS) is 22.8. The zero-order valence-corrected chi connectivity index (χ0v) is 9.11. The molecule has 0 aromatic heterocycles. The maximum atomic E-state index is 11.8. The summed E-state index contributed by atoms with van der Waals surface area (Å²) in [5, 5.41) is 0. The van der Waals surface area contributed by atoms with Crippen LogP contribution in [0.5, 0.6) is 0 Å². The van der Waals surface area contributed by atoms with Crippen LogP contribution in [-0.4, -0.2) is 35.3 Å². The van der Waals surface area contributed by atoms with E-state index in [1.165, 1.54) is 4.90 Å². The van der Waals surface area contributed by atoms with E-state index < -0.39 is 18.0 Å². The smallest absolute Gasteiger partial charge is 0.240 e. The number of likely N-dealkylation sites (tertiary alicyclic amines) is 1. The molecule has 0 radical (unpaired) electrons. The molecule has 0 aromatic carbocycles. The second-order valence-corrected chi connectivity index (χ2v) is 3.99.